The monoisotopic (exact) mass is 280 g/mol. The molecule has 0 bridgehead atoms. The summed E-state index contributed by atoms with van der Waals surface area (Å²) >= 11 is 12.2. The maximum atomic E-state index is 6.22. The molecule has 0 fully saturated rings. The highest BCUT2D eigenvalue weighted by Gasteiger charge is 2.24. The molecule has 3 nitrogen and oxygen atoms in total. The Morgan fingerprint density at radius 2 is 2.17 bits per heavy atom. The molecule has 0 spiro atoms. The minimum Gasteiger partial charge on any atom is -0.445 e. The molecule has 1 aliphatic heterocycles. The smallest absolute Gasteiger partial charge is 0.205 e. The van der Waals surface area contributed by atoms with Crippen molar-refractivity contribution in [3.8, 4) is 0 Å². The van der Waals surface area contributed by atoms with Crippen LogP contribution in [0.25, 0.3) is 0 Å². The van der Waals surface area contributed by atoms with E-state index in [0.29, 0.717) is 16.7 Å². The van der Waals surface area contributed by atoms with E-state index in [0.717, 1.165) is 16.9 Å². The van der Waals surface area contributed by atoms with Crippen molar-refractivity contribution in [3.05, 3.63) is 52.2 Å². The Hall–Kier alpha value is -1.45. The summed E-state index contributed by atoms with van der Waals surface area (Å²) in [5.74, 6) is 2.12. The van der Waals surface area contributed by atoms with Gasteiger partial charge in [0.2, 0.25) is 5.88 Å². The van der Waals surface area contributed by atoms with Gasteiger partial charge < -0.3 is 9.73 Å². The van der Waals surface area contributed by atoms with Crippen LogP contribution < -0.4 is 5.32 Å². The fourth-order valence-corrected chi connectivity index (χ4v) is 2.36. The van der Waals surface area contributed by atoms with Crippen LogP contribution in [0.2, 0.25) is 5.02 Å². The minimum atomic E-state index is -0.437. The lowest BCUT2D eigenvalue weighted by molar-refractivity contribution is 0.549. The molecule has 92 valence electrons. The van der Waals surface area contributed by atoms with Crippen LogP contribution in [-0.4, -0.2) is 5.84 Å². The Labute approximate surface area is 114 Å². The van der Waals surface area contributed by atoms with E-state index in [1.807, 2.05) is 37.3 Å². The van der Waals surface area contributed by atoms with Gasteiger partial charge in [0.1, 0.15) is 11.6 Å². The number of fused-ring (bicyclic) bond motifs is 1. The zero-order valence-electron chi connectivity index (χ0n) is 9.58. The highest BCUT2D eigenvalue weighted by atomic mass is 35.5. The van der Waals surface area contributed by atoms with Crippen molar-refractivity contribution < 1.29 is 4.42 Å². The quantitative estimate of drug-likeness (QED) is 0.623. The van der Waals surface area contributed by atoms with Gasteiger partial charge in [0.25, 0.3) is 0 Å². The average molecular weight is 281 g/mol. The summed E-state index contributed by atoms with van der Waals surface area (Å²) in [5, 5.41) is 3.79. The molecule has 0 saturated heterocycles. The fourth-order valence-electron chi connectivity index (χ4n) is 1.91. The van der Waals surface area contributed by atoms with Crippen LogP contribution in [0.1, 0.15) is 22.4 Å². The van der Waals surface area contributed by atoms with Gasteiger partial charge in [-0.3, -0.25) is 0 Å². The van der Waals surface area contributed by atoms with Crippen molar-refractivity contribution in [2.75, 3.05) is 5.32 Å². The number of halogens is 2. The number of hydrogen-bond donors (Lipinski definition) is 1. The molecule has 0 amide bonds. The molecule has 5 heteroatoms. The third kappa shape index (κ3) is 2.00. The topological polar surface area (TPSA) is 37.5 Å². The van der Waals surface area contributed by atoms with Gasteiger partial charge in [-0.15, -0.1) is 0 Å². The molecule has 1 aliphatic rings. The van der Waals surface area contributed by atoms with E-state index in [1.54, 1.807) is 0 Å². The number of nitrogens with one attached hydrogen (secondary N) is 1. The number of nitrogens with zero attached hydrogens (tertiary/aromatic N) is 1. The Morgan fingerprint density at radius 3 is 2.94 bits per heavy atom. The second kappa shape index (κ2) is 4.34. The fraction of sp³-hybridized carbons (Fsp3) is 0.154. The maximum Gasteiger partial charge on any atom is 0.205 e. The molecule has 3 rings (SSSR count). The number of aliphatic imine (C=N–C) groups is 1. The van der Waals surface area contributed by atoms with E-state index in [2.05, 4.69) is 10.3 Å². The number of hydrogen-bond acceptors (Lipinski definition) is 3. The van der Waals surface area contributed by atoms with Crippen LogP contribution >= 0.6 is 23.2 Å². The molecule has 18 heavy (non-hydrogen) atoms. The normalized spacial score (nSPS) is 17.9. The van der Waals surface area contributed by atoms with Crippen molar-refractivity contribution in [3.63, 3.8) is 0 Å². The first kappa shape index (κ1) is 11.6. The van der Waals surface area contributed by atoms with Gasteiger partial charge in [0.05, 0.1) is 5.56 Å². The first-order valence-electron chi connectivity index (χ1n) is 5.48. The zero-order chi connectivity index (χ0) is 12.7. The molecule has 1 atom stereocenters. The van der Waals surface area contributed by atoms with E-state index in [-0.39, 0.29) is 0 Å². The van der Waals surface area contributed by atoms with Crippen molar-refractivity contribution in [2.24, 2.45) is 4.99 Å². The SMILES string of the molecule is Cc1cc2c(o1)NC(c1cccc(Cl)c1)=NC2Cl. The average Bonchev–Trinajstić information content (AvgIpc) is 2.70. The number of benzene rings is 1. The summed E-state index contributed by atoms with van der Waals surface area (Å²) in [5.41, 5.74) is 1.31. The molecule has 2 aromatic rings. The van der Waals surface area contributed by atoms with E-state index < -0.39 is 5.50 Å². The first-order valence-corrected chi connectivity index (χ1v) is 6.30. The lowest BCUT2D eigenvalue weighted by Crippen LogP contribution is -2.18. The Balaban J connectivity index is 2.01. The molecule has 1 unspecified atom stereocenters. The summed E-state index contributed by atoms with van der Waals surface area (Å²) in [6.45, 7) is 1.88. The zero-order valence-corrected chi connectivity index (χ0v) is 11.1. The van der Waals surface area contributed by atoms with Gasteiger partial charge in [-0.05, 0) is 25.1 Å². The van der Waals surface area contributed by atoms with E-state index in [9.17, 15) is 0 Å². The molecule has 0 saturated carbocycles. The van der Waals surface area contributed by atoms with E-state index in [1.165, 1.54) is 0 Å². The number of anilines is 1. The largest absolute Gasteiger partial charge is 0.445 e. The summed E-state index contributed by atoms with van der Waals surface area (Å²) < 4.78 is 5.55. The molecule has 1 aromatic heterocycles. The van der Waals surface area contributed by atoms with Crippen LogP contribution in [0, 0.1) is 6.92 Å². The van der Waals surface area contributed by atoms with Crippen molar-refractivity contribution in [1.29, 1.82) is 0 Å². The van der Waals surface area contributed by atoms with Gasteiger partial charge in [-0.2, -0.15) is 0 Å². The van der Waals surface area contributed by atoms with Crippen molar-refractivity contribution >= 4 is 34.9 Å². The highest BCUT2D eigenvalue weighted by Crippen LogP contribution is 2.36. The molecule has 0 aliphatic carbocycles. The van der Waals surface area contributed by atoms with Crippen LogP contribution in [0.3, 0.4) is 0 Å². The number of amidine groups is 1. The van der Waals surface area contributed by atoms with Crippen LogP contribution in [-0.2, 0) is 0 Å². The third-order valence-corrected chi connectivity index (χ3v) is 3.28. The molecule has 0 radical (unpaired) electrons. The third-order valence-electron chi connectivity index (χ3n) is 2.71. The number of rotatable bonds is 1. The van der Waals surface area contributed by atoms with Gasteiger partial charge in [-0.1, -0.05) is 35.3 Å². The van der Waals surface area contributed by atoms with Crippen molar-refractivity contribution in [1.82, 2.24) is 0 Å². The minimum absolute atomic E-state index is 0.437. The second-order valence-corrected chi connectivity index (χ2v) is 4.94. The summed E-state index contributed by atoms with van der Waals surface area (Å²) in [6, 6.07) is 9.32. The summed E-state index contributed by atoms with van der Waals surface area (Å²) in [6.07, 6.45) is 0. The number of aryl methyl sites for hydroxylation is 1. The van der Waals surface area contributed by atoms with Gasteiger partial charge in [0.15, 0.2) is 5.50 Å². The molecular weight excluding hydrogens is 271 g/mol. The Morgan fingerprint density at radius 1 is 1.33 bits per heavy atom. The summed E-state index contributed by atoms with van der Waals surface area (Å²) in [7, 11) is 0. The Kier molecular flexibility index (Phi) is 2.80. The van der Waals surface area contributed by atoms with Crippen molar-refractivity contribution in [2.45, 2.75) is 12.4 Å². The van der Waals surface area contributed by atoms with Crippen LogP contribution in [0.4, 0.5) is 5.88 Å². The number of alkyl halides is 1. The number of furan rings is 1. The van der Waals surface area contributed by atoms with Gasteiger partial charge in [-0.25, -0.2) is 4.99 Å². The standard InChI is InChI=1S/C13H10Cl2N2O/c1-7-5-10-11(15)16-12(17-13(10)18-7)8-3-2-4-9(14)6-8/h2-6,11H,1H3,(H,16,17). The maximum absolute atomic E-state index is 6.22. The highest BCUT2D eigenvalue weighted by molar-refractivity contribution is 6.31. The molecule has 1 N–H and O–H groups in total. The molecule has 2 heterocycles. The van der Waals surface area contributed by atoms with Crippen LogP contribution in [0.5, 0.6) is 0 Å². The summed E-state index contributed by atoms with van der Waals surface area (Å²) in [4.78, 5) is 4.40. The second-order valence-electron chi connectivity index (χ2n) is 4.09. The van der Waals surface area contributed by atoms with E-state index in [4.69, 9.17) is 27.6 Å². The molecular formula is C13H10Cl2N2O. The van der Waals surface area contributed by atoms with E-state index >= 15 is 0 Å². The Bertz CT molecular complexity index is 634. The predicted octanol–water partition coefficient (Wildman–Crippen LogP) is 4.35. The predicted molar refractivity (Wildman–Crippen MR) is 73.7 cm³/mol. The lowest BCUT2D eigenvalue weighted by Gasteiger charge is -2.17. The molecule has 1 aromatic carbocycles. The first-order chi connectivity index (χ1) is 8.63. The lowest BCUT2D eigenvalue weighted by atomic mass is 10.1. The van der Waals surface area contributed by atoms with Gasteiger partial charge in [0, 0.05) is 10.6 Å². The van der Waals surface area contributed by atoms with Gasteiger partial charge >= 0.3 is 0 Å². The van der Waals surface area contributed by atoms with Crippen LogP contribution in [0.15, 0.2) is 39.7 Å².